The summed E-state index contributed by atoms with van der Waals surface area (Å²) in [6.07, 6.45) is -1.00. The van der Waals surface area contributed by atoms with E-state index < -0.39 is 18.2 Å². The molecule has 3 atom stereocenters. The lowest BCUT2D eigenvalue weighted by Crippen LogP contribution is -2.45. The first-order valence-electron chi connectivity index (χ1n) is 9.24. The number of rotatable bonds is 9. The Hall–Kier alpha value is -1.71. The molecule has 1 aliphatic rings. The third kappa shape index (κ3) is 7.82. The first-order valence-corrected chi connectivity index (χ1v) is 9.24. The molecule has 1 amide bonds. The highest BCUT2D eigenvalue weighted by Crippen LogP contribution is 2.17. The fourth-order valence-electron chi connectivity index (χ4n) is 3.17. The van der Waals surface area contributed by atoms with Crippen molar-refractivity contribution in [1.29, 1.82) is 0 Å². The van der Waals surface area contributed by atoms with Gasteiger partial charge in [0.15, 0.2) is 0 Å². The molecule has 0 bridgehead atoms. The number of aliphatic hydroxyl groups is 3. The Morgan fingerprint density at radius 2 is 1.93 bits per heavy atom. The van der Waals surface area contributed by atoms with Crippen LogP contribution in [0.2, 0.25) is 0 Å². The maximum Gasteiger partial charge on any atom is 0.217 e. The molecule has 4 N–H and O–H groups in total. The third-order valence-electron chi connectivity index (χ3n) is 4.35. The molecule has 8 nitrogen and oxygen atoms in total. The number of hydrogen-bond acceptors (Lipinski definition) is 7. The monoisotopic (exact) mass is 382 g/mol. The molecular formula is C19H30N2O6. The quantitative estimate of drug-likeness (QED) is 0.426. The number of aliphatic hydroxyl groups excluding tert-OH is 3. The number of carbonyl (C=O) groups excluding carboxylic acids is 1. The predicted molar refractivity (Wildman–Crippen MR) is 99.4 cm³/mol. The zero-order valence-corrected chi connectivity index (χ0v) is 15.7. The smallest absolute Gasteiger partial charge is 0.217 e. The van der Waals surface area contributed by atoms with Crippen LogP contribution < -0.4 is 10.1 Å². The molecule has 0 aromatic heterocycles. The van der Waals surface area contributed by atoms with Gasteiger partial charge in [-0.05, 0) is 24.1 Å². The van der Waals surface area contributed by atoms with E-state index in [4.69, 9.17) is 14.6 Å². The Labute approximate surface area is 159 Å². The molecule has 1 heterocycles. The van der Waals surface area contributed by atoms with Crippen LogP contribution in [0.3, 0.4) is 0 Å². The molecule has 1 saturated heterocycles. The van der Waals surface area contributed by atoms with E-state index in [1.54, 1.807) is 0 Å². The van der Waals surface area contributed by atoms with Gasteiger partial charge < -0.3 is 30.1 Å². The van der Waals surface area contributed by atoms with Crippen molar-refractivity contribution in [3.8, 4) is 5.75 Å². The minimum absolute atomic E-state index is 0.000151. The fourth-order valence-corrected chi connectivity index (χ4v) is 3.17. The third-order valence-corrected chi connectivity index (χ3v) is 4.35. The number of likely N-dealkylation sites (tertiary alicyclic amines) is 1. The van der Waals surface area contributed by atoms with Gasteiger partial charge in [0.05, 0.1) is 38.1 Å². The summed E-state index contributed by atoms with van der Waals surface area (Å²) in [6, 6.07) is 7.18. The summed E-state index contributed by atoms with van der Waals surface area (Å²) in [7, 11) is 0. The van der Waals surface area contributed by atoms with Crippen LogP contribution in [0.25, 0.3) is 0 Å². The van der Waals surface area contributed by atoms with Gasteiger partial charge in [0, 0.05) is 26.6 Å². The van der Waals surface area contributed by atoms with Gasteiger partial charge in [0.25, 0.3) is 0 Å². The van der Waals surface area contributed by atoms with Gasteiger partial charge >= 0.3 is 0 Å². The Bertz CT molecular complexity index is 568. The number of amides is 1. The molecule has 0 radical (unpaired) electrons. The summed E-state index contributed by atoms with van der Waals surface area (Å²) in [5, 5.41) is 31.9. The lowest BCUT2D eigenvalue weighted by atomic mass is 10.1. The lowest BCUT2D eigenvalue weighted by molar-refractivity contribution is -0.120. The van der Waals surface area contributed by atoms with Crippen molar-refractivity contribution >= 4 is 5.91 Å². The van der Waals surface area contributed by atoms with Gasteiger partial charge in [0.2, 0.25) is 5.91 Å². The highest BCUT2D eigenvalue weighted by Gasteiger charge is 2.30. The lowest BCUT2D eigenvalue weighted by Gasteiger charge is -2.25. The predicted octanol–water partition coefficient (Wildman–Crippen LogP) is -0.493. The zero-order valence-electron chi connectivity index (χ0n) is 15.7. The summed E-state index contributed by atoms with van der Waals surface area (Å²) >= 11 is 0. The zero-order chi connectivity index (χ0) is 19.6. The summed E-state index contributed by atoms with van der Waals surface area (Å²) in [5.41, 5.74) is 1.04. The summed E-state index contributed by atoms with van der Waals surface area (Å²) in [5.74, 6) is 0.519. The molecular weight excluding hydrogens is 352 g/mol. The summed E-state index contributed by atoms with van der Waals surface area (Å²) in [4.78, 5) is 13.2. The largest absolute Gasteiger partial charge is 0.491 e. The van der Waals surface area contributed by atoms with Gasteiger partial charge in [-0.2, -0.15) is 0 Å². The maximum atomic E-state index is 11.3. The highest BCUT2D eigenvalue weighted by molar-refractivity contribution is 5.73. The van der Waals surface area contributed by atoms with Gasteiger partial charge in [-0.3, -0.25) is 9.69 Å². The normalized spacial score (nSPS) is 23.6. The SMILES string of the molecule is CC(=O)N[C@@H]1C[C@@H](O)CN(Cc2ccc(OCCOCCO)cc2)C[C@H]1O. The first-order chi connectivity index (χ1) is 13.0. The van der Waals surface area contributed by atoms with E-state index >= 15 is 0 Å². The standard InChI is InChI=1S/C19H30N2O6/c1-14(23)20-18-10-16(24)12-21(13-19(18)25)11-15-2-4-17(5-3-15)27-9-8-26-7-6-22/h2-5,16,18-19,22,24-25H,6-13H2,1H3,(H,20,23)/t16-,18-,19-/m1/s1. The summed E-state index contributed by atoms with van der Waals surface area (Å²) < 4.78 is 10.7. The molecule has 1 aromatic rings. The summed E-state index contributed by atoms with van der Waals surface area (Å²) in [6.45, 7) is 3.94. The molecule has 27 heavy (non-hydrogen) atoms. The van der Waals surface area contributed by atoms with Crippen LogP contribution in [-0.4, -0.2) is 83.9 Å². The van der Waals surface area contributed by atoms with E-state index in [1.807, 2.05) is 29.2 Å². The van der Waals surface area contributed by atoms with Gasteiger partial charge in [-0.15, -0.1) is 0 Å². The second-order valence-electron chi connectivity index (χ2n) is 6.79. The molecule has 1 aliphatic heterocycles. The number of β-amino-alcohol motifs (C(OH)–C–C–N with tert-alkyl or cyclic N) is 2. The highest BCUT2D eigenvalue weighted by atomic mass is 16.5. The minimum atomic E-state index is -0.729. The van der Waals surface area contributed by atoms with E-state index in [9.17, 15) is 15.0 Å². The van der Waals surface area contributed by atoms with Crippen LogP contribution in [0, 0.1) is 0 Å². The van der Waals surface area contributed by atoms with Gasteiger partial charge in [-0.1, -0.05) is 12.1 Å². The second kappa shape index (κ2) is 11.2. The Morgan fingerprint density at radius 3 is 2.59 bits per heavy atom. The van der Waals surface area contributed by atoms with Crippen LogP contribution in [-0.2, 0) is 16.1 Å². The van der Waals surface area contributed by atoms with Crippen LogP contribution in [0.1, 0.15) is 18.9 Å². The molecule has 152 valence electrons. The van der Waals surface area contributed by atoms with Crippen LogP contribution in [0.5, 0.6) is 5.75 Å². The maximum absolute atomic E-state index is 11.3. The van der Waals surface area contributed by atoms with Gasteiger partial charge in [-0.25, -0.2) is 0 Å². The average molecular weight is 382 g/mol. The molecule has 2 rings (SSSR count). The number of ether oxygens (including phenoxy) is 2. The molecule has 0 aliphatic carbocycles. The Morgan fingerprint density at radius 1 is 1.19 bits per heavy atom. The molecule has 0 unspecified atom stereocenters. The molecule has 0 saturated carbocycles. The number of nitrogens with zero attached hydrogens (tertiary/aromatic N) is 1. The van der Waals surface area contributed by atoms with Crippen molar-refractivity contribution in [2.45, 2.75) is 38.1 Å². The van der Waals surface area contributed by atoms with E-state index in [2.05, 4.69) is 5.32 Å². The molecule has 1 aromatic carbocycles. The van der Waals surface area contributed by atoms with E-state index in [-0.39, 0.29) is 12.5 Å². The van der Waals surface area contributed by atoms with Crippen molar-refractivity contribution in [2.75, 3.05) is 39.5 Å². The van der Waals surface area contributed by atoms with E-state index in [0.717, 1.165) is 11.3 Å². The van der Waals surface area contributed by atoms with Crippen molar-refractivity contribution in [1.82, 2.24) is 10.2 Å². The van der Waals surface area contributed by atoms with Gasteiger partial charge in [0.1, 0.15) is 12.4 Å². The minimum Gasteiger partial charge on any atom is -0.491 e. The number of benzene rings is 1. The second-order valence-corrected chi connectivity index (χ2v) is 6.79. The van der Waals surface area contributed by atoms with E-state index in [0.29, 0.717) is 45.9 Å². The average Bonchev–Trinajstić information content (AvgIpc) is 2.73. The number of nitrogens with one attached hydrogen (secondary N) is 1. The number of hydrogen-bond donors (Lipinski definition) is 4. The molecule has 8 heteroatoms. The van der Waals surface area contributed by atoms with Crippen molar-refractivity contribution in [3.63, 3.8) is 0 Å². The van der Waals surface area contributed by atoms with Crippen molar-refractivity contribution in [3.05, 3.63) is 29.8 Å². The number of carbonyl (C=O) groups is 1. The fraction of sp³-hybridized carbons (Fsp3) is 0.632. The Kier molecular flexibility index (Phi) is 8.96. The van der Waals surface area contributed by atoms with Crippen molar-refractivity contribution < 1.29 is 29.6 Å². The van der Waals surface area contributed by atoms with E-state index in [1.165, 1.54) is 6.92 Å². The molecule has 0 spiro atoms. The first kappa shape index (κ1) is 21.6. The topological polar surface area (TPSA) is 111 Å². The van der Waals surface area contributed by atoms with Crippen molar-refractivity contribution in [2.24, 2.45) is 0 Å². The van der Waals surface area contributed by atoms with Crippen LogP contribution in [0.4, 0.5) is 0 Å². The van der Waals surface area contributed by atoms with Crippen LogP contribution in [0.15, 0.2) is 24.3 Å². The molecule has 1 fully saturated rings. The Balaban J connectivity index is 1.84. The van der Waals surface area contributed by atoms with Crippen LogP contribution >= 0.6 is 0 Å².